The third-order valence-corrected chi connectivity index (χ3v) is 4.91. The quantitative estimate of drug-likeness (QED) is 0.778. The number of hydrogen-bond acceptors (Lipinski definition) is 5. The largest absolute Gasteiger partial charge is 0.378 e. The molecule has 0 spiro atoms. The van der Waals surface area contributed by atoms with Gasteiger partial charge in [0.05, 0.1) is 16.7 Å². The lowest BCUT2D eigenvalue weighted by atomic mass is 10.1. The van der Waals surface area contributed by atoms with Crippen molar-refractivity contribution in [3.63, 3.8) is 0 Å². The number of aldehydes is 1. The number of anilines is 1. The number of aromatic nitrogens is 1. The summed E-state index contributed by atoms with van der Waals surface area (Å²) in [4.78, 5) is 19.0. The predicted molar refractivity (Wildman–Crippen MR) is 76.3 cm³/mol. The normalized spacial score (nSPS) is 20.8. The van der Waals surface area contributed by atoms with E-state index >= 15 is 0 Å². The van der Waals surface area contributed by atoms with Crippen LogP contribution in [0.15, 0.2) is 0 Å². The summed E-state index contributed by atoms with van der Waals surface area (Å²) in [5, 5.41) is 1.03. The van der Waals surface area contributed by atoms with Crippen molar-refractivity contribution in [1.82, 2.24) is 4.98 Å². The van der Waals surface area contributed by atoms with Gasteiger partial charge in [-0.3, -0.25) is 4.79 Å². The molecule has 104 valence electrons. The topological polar surface area (TPSA) is 42.4 Å². The molecule has 0 N–H and O–H groups in total. The van der Waals surface area contributed by atoms with Crippen molar-refractivity contribution in [3.8, 4) is 0 Å². The van der Waals surface area contributed by atoms with E-state index in [0.29, 0.717) is 12.0 Å². The van der Waals surface area contributed by atoms with Crippen LogP contribution in [0.5, 0.6) is 0 Å². The summed E-state index contributed by atoms with van der Waals surface area (Å²) in [6.07, 6.45) is 5.87. The average Bonchev–Trinajstić information content (AvgIpc) is 3.19. The number of carbonyl (C=O) groups excluding carboxylic acids is 1. The molecule has 1 saturated carbocycles. The minimum atomic E-state index is 0.398. The van der Waals surface area contributed by atoms with Crippen molar-refractivity contribution in [3.05, 3.63) is 10.6 Å². The van der Waals surface area contributed by atoms with Crippen LogP contribution in [-0.4, -0.2) is 37.1 Å². The van der Waals surface area contributed by atoms with Crippen LogP contribution in [-0.2, 0) is 4.74 Å². The highest BCUT2D eigenvalue weighted by Gasteiger charge is 2.31. The predicted octanol–water partition coefficient (Wildman–Crippen LogP) is 2.84. The Balaban J connectivity index is 1.68. The molecule has 0 unspecified atom stereocenters. The van der Waals surface area contributed by atoms with Gasteiger partial charge in [0.2, 0.25) is 0 Å². The fourth-order valence-corrected chi connectivity index (χ4v) is 3.67. The van der Waals surface area contributed by atoms with Crippen LogP contribution in [0.2, 0.25) is 0 Å². The highest BCUT2D eigenvalue weighted by molar-refractivity contribution is 7.17. The lowest BCUT2D eigenvalue weighted by Crippen LogP contribution is -2.37. The molecule has 1 aliphatic heterocycles. The van der Waals surface area contributed by atoms with Crippen molar-refractivity contribution in [2.24, 2.45) is 0 Å². The van der Waals surface area contributed by atoms with Gasteiger partial charge in [-0.05, 0) is 32.6 Å². The van der Waals surface area contributed by atoms with Gasteiger partial charge in [0, 0.05) is 25.6 Å². The van der Waals surface area contributed by atoms with Gasteiger partial charge in [-0.1, -0.05) is 11.3 Å². The van der Waals surface area contributed by atoms with Crippen LogP contribution >= 0.6 is 11.3 Å². The summed E-state index contributed by atoms with van der Waals surface area (Å²) in [5.74, 6) is 0.547. The van der Waals surface area contributed by atoms with Crippen molar-refractivity contribution in [1.29, 1.82) is 0 Å². The van der Waals surface area contributed by atoms with Gasteiger partial charge in [-0.2, -0.15) is 0 Å². The number of hydrogen-bond donors (Lipinski definition) is 0. The molecule has 0 amide bonds. The maximum Gasteiger partial charge on any atom is 0.186 e. The lowest BCUT2D eigenvalue weighted by molar-refractivity contribution is 0.0459. The molecule has 19 heavy (non-hydrogen) atoms. The number of piperidine rings is 1. The SMILES string of the molecule is CCOC1CCN(c2nc(C3CC3)c(C=O)s2)CC1. The second-order valence-corrected chi connectivity index (χ2v) is 6.29. The molecule has 1 aliphatic carbocycles. The van der Waals surface area contributed by atoms with Crippen molar-refractivity contribution in [2.75, 3.05) is 24.6 Å². The average molecular weight is 280 g/mol. The van der Waals surface area contributed by atoms with E-state index in [9.17, 15) is 4.79 Å². The number of nitrogens with zero attached hydrogens (tertiary/aromatic N) is 2. The van der Waals surface area contributed by atoms with E-state index in [1.165, 1.54) is 12.8 Å². The van der Waals surface area contributed by atoms with Crippen molar-refractivity contribution in [2.45, 2.75) is 44.6 Å². The second kappa shape index (κ2) is 5.59. The highest BCUT2D eigenvalue weighted by atomic mass is 32.1. The van der Waals surface area contributed by atoms with Crippen molar-refractivity contribution >= 4 is 22.8 Å². The van der Waals surface area contributed by atoms with Crippen LogP contribution < -0.4 is 4.90 Å². The molecule has 0 atom stereocenters. The number of ether oxygens (including phenoxy) is 1. The molecule has 2 aliphatic rings. The van der Waals surface area contributed by atoms with Crippen LogP contribution in [0.1, 0.15) is 53.9 Å². The van der Waals surface area contributed by atoms with Gasteiger partial charge in [-0.15, -0.1) is 0 Å². The van der Waals surface area contributed by atoms with E-state index in [1.807, 2.05) is 6.92 Å². The van der Waals surface area contributed by atoms with E-state index < -0.39 is 0 Å². The Hall–Kier alpha value is -0.940. The molecule has 5 heteroatoms. The summed E-state index contributed by atoms with van der Waals surface area (Å²) in [7, 11) is 0. The summed E-state index contributed by atoms with van der Waals surface area (Å²) in [5.41, 5.74) is 1.04. The Morgan fingerprint density at radius 2 is 2.11 bits per heavy atom. The molecule has 2 heterocycles. The zero-order chi connectivity index (χ0) is 13.2. The molecule has 4 nitrogen and oxygen atoms in total. The molecule has 1 aromatic heterocycles. The van der Waals surface area contributed by atoms with E-state index in [0.717, 1.165) is 54.5 Å². The van der Waals surface area contributed by atoms with E-state index in [2.05, 4.69) is 4.90 Å². The molecule has 0 aromatic carbocycles. The summed E-state index contributed by atoms with van der Waals surface area (Å²) in [6, 6.07) is 0. The minimum Gasteiger partial charge on any atom is -0.378 e. The Kier molecular flexibility index (Phi) is 3.84. The fourth-order valence-electron chi connectivity index (χ4n) is 2.65. The first-order chi connectivity index (χ1) is 9.31. The van der Waals surface area contributed by atoms with E-state index in [-0.39, 0.29) is 0 Å². The van der Waals surface area contributed by atoms with Gasteiger partial charge < -0.3 is 9.64 Å². The molecule has 2 fully saturated rings. The minimum absolute atomic E-state index is 0.398. The maximum atomic E-state index is 11.1. The van der Waals surface area contributed by atoms with E-state index in [1.54, 1.807) is 11.3 Å². The first kappa shape index (κ1) is 13.1. The Bertz CT molecular complexity index is 448. The molecule has 3 rings (SSSR count). The van der Waals surface area contributed by atoms with Gasteiger partial charge in [0.25, 0.3) is 0 Å². The van der Waals surface area contributed by atoms with Crippen LogP contribution in [0.25, 0.3) is 0 Å². The van der Waals surface area contributed by atoms with Crippen LogP contribution in [0.4, 0.5) is 5.13 Å². The summed E-state index contributed by atoms with van der Waals surface area (Å²) >= 11 is 1.55. The van der Waals surface area contributed by atoms with Crippen LogP contribution in [0, 0.1) is 0 Å². The lowest BCUT2D eigenvalue weighted by Gasteiger charge is -2.31. The number of rotatable bonds is 5. The number of thiazole rings is 1. The van der Waals surface area contributed by atoms with Gasteiger partial charge >= 0.3 is 0 Å². The third-order valence-electron chi connectivity index (χ3n) is 3.86. The Labute approximate surface area is 117 Å². The Morgan fingerprint density at radius 3 is 2.68 bits per heavy atom. The standard InChI is InChI=1S/C14H20N2O2S/c1-2-18-11-5-7-16(8-6-11)14-15-13(10-3-4-10)12(9-17)19-14/h9-11H,2-8H2,1H3. The third kappa shape index (κ3) is 2.82. The molecule has 0 bridgehead atoms. The summed E-state index contributed by atoms with van der Waals surface area (Å²) in [6.45, 7) is 4.82. The van der Waals surface area contributed by atoms with Gasteiger partial charge in [-0.25, -0.2) is 4.98 Å². The van der Waals surface area contributed by atoms with Gasteiger partial charge in [0.15, 0.2) is 11.4 Å². The zero-order valence-electron chi connectivity index (χ0n) is 11.3. The first-order valence-corrected chi connectivity index (χ1v) is 7.96. The molecule has 0 radical (unpaired) electrons. The smallest absolute Gasteiger partial charge is 0.186 e. The maximum absolute atomic E-state index is 11.1. The van der Waals surface area contributed by atoms with Gasteiger partial charge in [0.1, 0.15) is 0 Å². The van der Waals surface area contributed by atoms with Crippen molar-refractivity contribution < 1.29 is 9.53 Å². The molecule has 1 aromatic rings. The molecular formula is C14H20N2O2S. The zero-order valence-corrected chi connectivity index (χ0v) is 12.1. The monoisotopic (exact) mass is 280 g/mol. The Morgan fingerprint density at radius 1 is 1.37 bits per heavy atom. The summed E-state index contributed by atoms with van der Waals surface area (Å²) < 4.78 is 5.67. The van der Waals surface area contributed by atoms with Crippen LogP contribution in [0.3, 0.4) is 0 Å². The first-order valence-electron chi connectivity index (χ1n) is 7.14. The fraction of sp³-hybridized carbons (Fsp3) is 0.714. The molecule has 1 saturated heterocycles. The molecular weight excluding hydrogens is 260 g/mol. The van der Waals surface area contributed by atoms with E-state index in [4.69, 9.17) is 9.72 Å². The number of carbonyl (C=O) groups is 1. The highest BCUT2D eigenvalue weighted by Crippen LogP contribution is 2.43. The second-order valence-electron chi connectivity index (χ2n) is 5.28.